The van der Waals surface area contributed by atoms with E-state index in [9.17, 15) is 28.8 Å². The van der Waals surface area contributed by atoms with Gasteiger partial charge in [-0.25, -0.2) is 19.2 Å². The molecule has 16 nitrogen and oxygen atoms in total. The average Bonchev–Trinajstić information content (AvgIpc) is 4.16. The Balaban J connectivity index is 0.906. The van der Waals surface area contributed by atoms with Crippen LogP contribution in [0.5, 0.6) is 23.0 Å². The summed E-state index contributed by atoms with van der Waals surface area (Å²) in [5, 5.41) is 5.18. The topological polar surface area (TPSA) is 200 Å². The van der Waals surface area contributed by atoms with Gasteiger partial charge < -0.3 is 48.5 Å². The minimum Gasteiger partial charge on any atom is -0.490 e. The van der Waals surface area contributed by atoms with Crippen molar-refractivity contribution < 1.29 is 66.7 Å². The molecular formula is C61H56I2N2O14. The number of nitrogens with one attached hydrogen (secondary N) is 2. The second-order valence-corrected chi connectivity index (χ2v) is 20.7. The number of halogens is 2. The molecule has 2 aliphatic rings. The molecule has 0 radical (unpaired) electrons. The third-order valence-electron chi connectivity index (χ3n) is 12.9. The monoisotopic (exact) mass is 1290 g/mol. The summed E-state index contributed by atoms with van der Waals surface area (Å²) in [5.74, 6) is 0.703. The number of alkyl carbamates (subject to hydrolysis) is 2. The van der Waals surface area contributed by atoms with Crippen molar-refractivity contribution in [1.29, 1.82) is 0 Å². The van der Waals surface area contributed by atoms with Crippen LogP contribution in [0.3, 0.4) is 0 Å². The third kappa shape index (κ3) is 14.1. The molecule has 8 rings (SSSR count). The van der Waals surface area contributed by atoms with Crippen molar-refractivity contribution in [3.05, 3.63) is 191 Å². The number of fused-ring (bicyclic) bond motifs is 6. The summed E-state index contributed by atoms with van der Waals surface area (Å²) >= 11 is 4.42. The molecule has 2 amide bonds. The highest BCUT2D eigenvalue weighted by molar-refractivity contribution is 14.1. The van der Waals surface area contributed by atoms with E-state index in [-0.39, 0.29) is 68.8 Å². The lowest BCUT2D eigenvalue weighted by molar-refractivity contribution is -0.139. The molecule has 4 unspecified atom stereocenters. The quantitative estimate of drug-likeness (QED) is 0.0137. The van der Waals surface area contributed by atoms with Gasteiger partial charge in [-0.05, 0) is 130 Å². The van der Waals surface area contributed by atoms with Crippen molar-refractivity contribution in [1.82, 2.24) is 10.6 Å². The SMILES string of the molecule is C=C(C)C(=O)OCCNC(=O)OC(COc1ccc(C(C)(CI)c2ccc(OC(I)C(COc3ccc4c(c3)-c3ccccc3C4=O)OC(=O)NCCOC(=O)C(=C)C)cc2)cc1)COc1ccc2c(c1)-c1ccccc1C2=O. The van der Waals surface area contributed by atoms with Gasteiger partial charge in [-0.1, -0.05) is 115 Å². The van der Waals surface area contributed by atoms with Crippen LogP contribution in [0, 0.1) is 0 Å². The predicted octanol–water partition coefficient (Wildman–Crippen LogP) is 11.0. The Morgan fingerprint density at radius 3 is 1.41 bits per heavy atom. The Kier molecular flexibility index (Phi) is 19.1. The highest BCUT2D eigenvalue weighted by Gasteiger charge is 2.32. The summed E-state index contributed by atoms with van der Waals surface area (Å²) in [6.45, 7) is 11.9. The van der Waals surface area contributed by atoms with E-state index in [4.69, 9.17) is 37.9 Å². The molecule has 0 aliphatic heterocycles. The number of hydrogen-bond donors (Lipinski definition) is 2. The first kappa shape index (κ1) is 57.5. The van der Waals surface area contributed by atoms with Gasteiger partial charge >= 0.3 is 24.1 Å². The number of carbonyl (C=O) groups is 6. The minimum absolute atomic E-state index is 0.000349. The van der Waals surface area contributed by atoms with Crippen LogP contribution in [-0.4, -0.2) is 103 Å². The fourth-order valence-electron chi connectivity index (χ4n) is 8.59. The van der Waals surface area contributed by atoms with Crippen LogP contribution < -0.4 is 29.6 Å². The molecule has 18 heteroatoms. The molecule has 2 N–H and O–H groups in total. The van der Waals surface area contributed by atoms with Crippen molar-refractivity contribution in [2.75, 3.05) is 50.6 Å². The molecule has 0 saturated carbocycles. The summed E-state index contributed by atoms with van der Waals surface area (Å²) in [5.41, 5.74) is 7.54. The van der Waals surface area contributed by atoms with Crippen LogP contribution >= 0.6 is 45.2 Å². The lowest BCUT2D eigenvalue weighted by atomic mass is 9.78. The molecule has 0 spiro atoms. The minimum atomic E-state index is -0.937. The number of ether oxygens (including phenoxy) is 8. The van der Waals surface area contributed by atoms with Crippen LogP contribution in [0.4, 0.5) is 9.59 Å². The van der Waals surface area contributed by atoms with E-state index in [2.05, 4.69) is 75.9 Å². The first-order valence-electron chi connectivity index (χ1n) is 25.1. The zero-order valence-electron chi connectivity index (χ0n) is 43.5. The normalized spacial score (nSPS) is 13.6. The molecule has 0 aromatic heterocycles. The standard InChI is InChI=1S/C61H56I2N2O14/c1-36(2)57(68)72-28-26-64-59(70)78-44(33-75-42-22-24-49-51(30-42)45-10-6-8-12-47(45)54(49)66)32-74-40-18-14-38(15-19-40)61(5,35-62)39-16-20-41(21-17-39)77-56(63)53(79-60(71)65-27-29-73-58(69)37(3)4)34-76-43-23-25-50-52(31-43)46-11-7-9-13-48(46)55(50)67/h6-25,30-31,44,53,56H,1,3,26-29,32-35H2,2,4-5H3,(H,64,70)(H,65,71). The molecule has 4 atom stereocenters. The van der Waals surface area contributed by atoms with E-state index < -0.39 is 45.9 Å². The maximum absolute atomic E-state index is 13.1. The number of rotatable bonds is 25. The Morgan fingerprint density at radius 2 is 0.937 bits per heavy atom. The van der Waals surface area contributed by atoms with Crippen LogP contribution in [0.15, 0.2) is 158 Å². The summed E-state index contributed by atoms with van der Waals surface area (Å²) in [6.07, 6.45) is -3.37. The predicted molar refractivity (Wildman–Crippen MR) is 312 cm³/mol. The van der Waals surface area contributed by atoms with E-state index in [1.807, 2.05) is 84.9 Å². The molecule has 0 fully saturated rings. The lowest BCUT2D eigenvalue weighted by Gasteiger charge is -2.29. The summed E-state index contributed by atoms with van der Waals surface area (Å²) < 4.78 is 46.6. The fourth-order valence-corrected chi connectivity index (χ4v) is 10.1. The van der Waals surface area contributed by atoms with E-state index in [1.54, 1.807) is 48.5 Å². The number of hydrogen-bond acceptors (Lipinski definition) is 14. The molecular weight excluding hydrogens is 1240 g/mol. The second-order valence-electron chi connectivity index (χ2n) is 18.7. The van der Waals surface area contributed by atoms with Crippen LogP contribution in [0.1, 0.15) is 63.7 Å². The van der Waals surface area contributed by atoms with Gasteiger partial charge in [-0.3, -0.25) is 9.59 Å². The Bertz CT molecular complexity index is 3290. The number of amides is 2. The molecule has 79 heavy (non-hydrogen) atoms. The van der Waals surface area contributed by atoms with Gasteiger partial charge in [0, 0.05) is 43.2 Å². The molecule has 0 heterocycles. The molecule has 6 aromatic rings. The molecule has 6 aromatic carbocycles. The van der Waals surface area contributed by atoms with Gasteiger partial charge in [0.1, 0.15) is 56.0 Å². The molecule has 0 saturated heterocycles. The highest BCUT2D eigenvalue weighted by atomic mass is 127. The second kappa shape index (κ2) is 26.3. The first-order chi connectivity index (χ1) is 38.0. The van der Waals surface area contributed by atoms with Gasteiger partial charge in [0.2, 0.25) is 0 Å². The van der Waals surface area contributed by atoms with Crippen molar-refractivity contribution in [2.45, 2.75) is 42.5 Å². The van der Waals surface area contributed by atoms with Crippen LogP contribution in [0.25, 0.3) is 22.3 Å². The number of benzene rings is 6. The van der Waals surface area contributed by atoms with Crippen LogP contribution in [-0.2, 0) is 34.0 Å². The van der Waals surface area contributed by atoms with Gasteiger partial charge in [-0.2, -0.15) is 0 Å². The number of ketones is 2. The van der Waals surface area contributed by atoms with Gasteiger partial charge in [0.25, 0.3) is 0 Å². The van der Waals surface area contributed by atoms with Gasteiger partial charge in [0.05, 0.1) is 13.1 Å². The van der Waals surface area contributed by atoms with Gasteiger partial charge in [-0.15, -0.1) is 0 Å². The molecule has 2 aliphatic carbocycles. The van der Waals surface area contributed by atoms with E-state index in [1.165, 1.54) is 13.8 Å². The first-order valence-corrected chi connectivity index (χ1v) is 27.9. The maximum Gasteiger partial charge on any atom is 0.407 e. The lowest BCUT2D eigenvalue weighted by Crippen LogP contribution is -2.40. The largest absolute Gasteiger partial charge is 0.490 e. The molecule has 0 bridgehead atoms. The average molecular weight is 1290 g/mol. The zero-order valence-corrected chi connectivity index (χ0v) is 47.8. The zero-order chi connectivity index (χ0) is 56.2. The Hall–Kier alpha value is -7.72. The summed E-state index contributed by atoms with van der Waals surface area (Å²) in [6, 6.07) is 40.5. The number of carbonyl (C=O) groups excluding carboxylic acids is 6. The van der Waals surface area contributed by atoms with Gasteiger partial charge in [0.15, 0.2) is 27.9 Å². The van der Waals surface area contributed by atoms with Crippen molar-refractivity contribution >= 4 is 80.9 Å². The van der Waals surface area contributed by atoms with E-state index in [0.29, 0.717) is 49.7 Å². The highest BCUT2D eigenvalue weighted by Crippen LogP contribution is 2.41. The number of esters is 2. The maximum atomic E-state index is 13.1. The number of alkyl halides is 2. The Labute approximate surface area is 484 Å². The van der Waals surface area contributed by atoms with Crippen molar-refractivity contribution in [2.24, 2.45) is 0 Å². The van der Waals surface area contributed by atoms with Crippen molar-refractivity contribution in [3.63, 3.8) is 0 Å². The Morgan fingerprint density at radius 1 is 0.532 bits per heavy atom. The summed E-state index contributed by atoms with van der Waals surface area (Å²) in [4.78, 5) is 75.7. The summed E-state index contributed by atoms with van der Waals surface area (Å²) in [7, 11) is 0. The third-order valence-corrected chi connectivity index (χ3v) is 15.5. The fraction of sp³-hybridized carbons (Fsp3) is 0.246. The smallest absolute Gasteiger partial charge is 0.407 e. The molecule has 408 valence electrons. The van der Waals surface area contributed by atoms with Crippen molar-refractivity contribution in [3.8, 4) is 45.3 Å². The van der Waals surface area contributed by atoms with E-state index in [0.717, 1.165) is 33.4 Å². The van der Waals surface area contributed by atoms with Crippen LogP contribution in [0.2, 0.25) is 0 Å². The van der Waals surface area contributed by atoms with E-state index >= 15 is 0 Å².